The van der Waals surface area contributed by atoms with E-state index in [0.29, 0.717) is 23.7 Å². The molecule has 1 atom stereocenters. The maximum atomic E-state index is 13.9. The summed E-state index contributed by atoms with van der Waals surface area (Å²) in [5.41, 5.74) is 2.77. The lowest BCUT2D eigenvalue weighted by Gasteiger charge is -2.57. The van der Waals surface area contributed by atoms with E-state index in [1.54, 1.807) is 12.1 Å². The summed E-state index contributed by atoms with van der Waals surface area (Å²) in [5, 5.41) is 3.48. The molecule has 4 aliphatic carbocycles. The second-order valence-electron chi connectivity index (χ2n) is 12.9. The molecule has 1 N–H and O–H groups in total. The van der Waals surface area contributed by atoms with Crippen LogP contribution in [0.1, 0.15) is 76.3 Å². The Morgan fingerprint density at radius 2 is 1.52 bits per heavy atom. The molecule has 4 bridgehead atoms. The molecule has 0 aromatic heterocycles. The van der Waals surface area contributed by atoms with Gasteiger partial charge in [0.1, 0.15) is 12.6 Å². The average Bonchev–Trinajstić information content (AvgIpc) is 2.94. The van der Waals surface area contributed by atoms with Gasteiger partial charge in [0.15, 0.2) is 0 Å². The first-order valence-corrected chi connectivity index (χ1v) is 17.6. The van der Waals surface area contributed by atoms with E-state index >= 15 is 0 Å². The number of amides is 2. The lowest BCUT2D eigenvalue weighted by molar-refractivity contribution is -0.140. The van der Waals surface area contributed by atoms with Gasteiger partial charge in [-0.15, -0.1) is 0 Å². The molecule has 6 rings (SSSR count). The van der Waals surface area contributed by atoms with Crippen LogP contribution in [0.4, 0.5) is 5.69 Å². The molecular weight excluding hydrogens is 570 g/mol. The minimum absolute atomic E-state index is 0.163. The second kappa shape index (κ2) is 12.6. The molecule has 0 spiro atoms. The van der Waals surface area contributed by atoms with Gasteiger partial charge in [0.25, 0.3) is 0 Å². The quantitative estimate of drug-likeness (QED) is 0.323. The van der Waals surface area contributed by atoms with Gasteiger partial charge in [-0.1, -0.05) is 49.7 Å². The Kier molecular flexibility index (Phi) is 9.24. The van der Waals surface area contributed by atoms with E-state index < -0.39 is 22.0 Å². The van der Waals surface area contributed by atoms with Crippen molar-refractivity contribution in [2.75, 3.05) is 23.7 Å². The molecule has 2 amide bonds. The van der Waals surface area contributed by atoms with E-state index in [-0.39, 0.29) is 24.4 Å². The number of nitrogens with one attached hydrogen (secondary N) is 1. The zero-order valence-corrected chi connectivity index (χ0v) is 26.6. The van der Waals surface area contributed by atoms with Gasteiger partial charge >= 0.3 is 0 Å². The van der Waals surface area contributed by atoms with Crippen molar-refractivity contribution in [2.24, 2.45) is 17.8 Å². The van der Waals surface area contributed by atoms with Gasteiger partial charge in [0, 0.05) is 18.1 Å². The molecule has 2 aromatic carbocycles. The van der Waals surface area contributed by atoms with Gasteiger partial charge in [-0.2, -0.15) is 0 Å². The zero-order valence-electron chi connectivity index (χ0n) is 25.0. The summed E-state index contributed by atoms with van der Waals surface area (Å²) >= 11 is 6.08. The highest BCUT2D eigenvalue weighted by atomic mass is 35.5. The molecular formula is C33H44ClN3O4S. The third-order valence-corrected chi connectivity index (χ3v) is 11.1. The fraction of sp³-hybridized carbons (Fsp3) is 0.576. The molecule has 4 fully saturated rings. The van der Waals surface area contributed by atoms with E-state index in [1.165, 1.54) is 53.3 Å². The Hall–Kier alpha value is -2.58. The van der Waals surface area contributed by atoms with Crippen molar-refractivity contribution in [3.63, 3.8) is 0 Å². The Morgan fingerprint density at radius 1 is 0.952 bits per heavy atom. The molecule has 1 unspecified atom stereocenters. The Bertz CT molecular complexity index is 1340. The topological polar surface area (TPSA) is 86.8 Å². The third kappa shape index (κ3) is 6.65. The highest BCUT2D eigenvalue weighted by molar-refractivity contribution is 7.92. The molecule has 0 heterocycles. The van der Waals surface area contributed by atoms with Gasteiger partial charge in [-0.05, 0) is 110 Å². The van der Waals surface area contributed by atoms with Crippen LogP contribution in [-0.4, -0.2) is 50.5 Å². The van der Waals surface area contributed by atoms with Crippen LogP contribution in [-0.2, 0) is 31.6 Å². The standard InChI is InChI=1S/C33H44ClN3O4S/c1-4-14-35-32(39)30(5-2)36(21-23-6-10-28(34)11-7-23)31(38)22-37(42(3,40)41)29-12-8-27(9-13-29)33-18-24-15-25(19-33)17-26(16-24)20-33/h6-13,24-26,30H,4-5,14-22H2,1-3H3,(H,35,39). The summed E-state index contributed by atoms with van der Waals surface area (Å²) in [6.45, 7) is 4.10. The van der Waals surface area contributed by atoms with Crippen LogP contribution in [0, 0.1) is 17.8 Å². The number of benzene rings is 2. The summed E-state index contributed by atoms with van der Waals surface area (Å²) in [6.07, 6.45) is 10.1. The van der Waals surface area contributed by atoms with Crippen LogP contribution < -0.4 is 9.62 Å². The molecule has 228 valence electrons. The van der Waals surface area contributed by atoms with Gasteiger partial charge in [0.05, 0.1) is 11.9 Å². The maximum Gasteiger partial charge on any atom is 0.244 e. The van der Waals surface area contributed by atoms with Crippen molar-refractivity contribution in [2.45, 2.75) is 83.2 Å². The van der Waals surface area contributed by atoms with Crippen molar-refractivity contribution >= 4 is 39.1 Å². The van der Waals surface area contributed by atoms with Crippen LogP contribution in [0.5, 0.6) is 0 Å². The number of nitrogens with zero attached hydrogens (tertiary/aromatic N) is 2. The minimum atomic E-state index is -3.78. The monoisotopic (exact) mass is 613 g/mol. The fourth-order valence-electron chi connectivity index (χ4n) is 8.13. The van der Waals surface area contributed by atoms with Gasteiger partial charge in [-0.3, -0.25) is 13.9 Å². The number of carbonyl (C=O) groups excluding carboxylic acids is 2. The largest absolute Gasteiger partial charge is 0.354 e. The SMILES string of the molecule is CCCNC(=O)C(CC)N(Cc1ccc(Cl)cc1)C(=O)CN(c1ccc(C23CC4CC(CC(C4)C2)C3)cc1)S(C)(=O)=O. The van der Waals surface area contributed by atoms with E-state index in [2.05, 4.69) is 17.4 Å². The van der Waals surface area contributed by atoms with Crippen molar-refractivity contribution in [1.29, 1.82) is 0 Å². The number of halogens is 1. The zero-order chi connectivity index (χ0) is 30.1. The van der Waals surface area contributed by atoms with E-state index in [9.17, 15) is 18.0 Å². The van der Waals surface area contributed by atoms with Crippen LogP contribution in [0.3, 0.4) is 0 Å². The number of hydrogen-bond donors (Lipinski definition) is 1. The lowest BCUT2D eigenvalue weighted by Crippen LogP contribution is -2.52. The number of hydrogen-bond acceptors (Lipinski definition) is 4. The highest BCUT2D eigenvalue weighted by Gasteiger charge is 2.51. The highest BCUT2D eigenvalue weighted by Crippen LogP contribution is 2.60. The first-order valence-electron chi connectivity index (χ1n) is 15.4. The van der Waals surface area contributed by atoms with Crippen molar-refractivity contribution in [3.05, 3.63) is 64.7 Å². The summed E-state index contributed by atoms with van der Waals surface area (Å²) in [6, 6.07) is 14.3. The molecule has 0 saturated heterocycles. The first-order chi connectivity index (χ1) is 20.0. The maximum absolute atomic E-state index is 13.9. The number of carbonyl (C=O) groups is 2. The van der Waals surface area contributed by atoms with Gasteiger partial charge < -0.3 is 10.2 Å². The summed E-state index contributed by atoms with van der Waals surface area (Å²) in [4.78, 5) is 28.5. The predicted molar refractivity (Wildman–Crippen MR) is 168 cm³/mol. The molecule has 4 aliphatic rings. The van der Waals surface area contributed by atoms with Gasteiger partial charge in [0.2, 0.25) is 21.8 Å². The first kappa shape index (κ1) is 30.9. The second-order valence-corrected chi connectivity index (χ2v) is 15.2. The Balaban J connectivity index is 1.39. The molecule has 0 radical (unpaired) electrons. The molecule has 9 heteroatoms. The summed E-state index contributed by atoms with van der Waals surface area (Å²) in [7, 11) is -3.78. The van der Waals surface area contributed by atoms with Crippen LogP contribution in [0.2, 0.25) is 5.02 Å². The molecule has 0 aliphatic heterocycles. The van der Waals surface area contributed by atoms with Crippen LogP contribution >= 0.6 is 11.6 Å². The molecule has 4 saturated carbocycles. The van der Waals surface area contributed by atoms with Crippen LogP contribution in [0.25, 0.3) is 0 Å². The number of sulfonamides is 1. The number of anilines is 1. The van der Waals surface area contributed by atoms with Crippen molar-refractivity contribution < 1.29 is 18.0 Å². The summed E-state index contributed by atoms with van der Waals surface area (Å²) < 4.78 is 27.3. The van der Waals surface area contributed by atoms with Crippen molar-refractivity contribution in [1.82, 2.24) is 10.2 Å². The normalized spacial score (nSPS) is 25.2. The van der Waals surface area contributed by atoms with Gasteiger partial charge in [-0.25, -0.2) is 8.42 Å². The van der Waals surface area contributed by atoms with Crippen molar-refractivity contribution in [3.8, 4) is 0 Å². The number of rotatable bonds is 12. The summed E-state index contributed by atoms with van der Waals surface area (Å²) in [5.74, 6) is 1.77. The van der Waals surface area contributed by atoms with E-state index in [1.807, 2.05) is 38.1 Å². The van der Waals surface area contributed by atoms with E-state index in [0.717, 1.165) is 36.0 Å². The lowest BCUT2D eigenvalue weighted by atomic mass is 9.48. The van der Waals surface area contributed by atoms with Crippen LogP contribution in [0.15, 0.2) is 48.5 Å². The fourth-order valence-corrected chi connectivity index (χ4v) is 9.11. The van der Waals surface area contributed by atoms with E-state index in [4.69, 9.17) is 11.6 Å². The smallest absolute Gasteiger partial charge is 0.244 e. The molecule has 7 nitrogen and oxygen atoms in total. The molecule has 42 heavy (non-hydrogen) atoms. The average molecular weight is 614 g/mol. The third-order valence-electron chi connectivity index (χ3n) is 9.69. The Morgan fingerprint density at radius 3 is 2.02 bits per heavy atom. The molecule has 2 aromatic rings. The minimum Gasteiger partial charge on any atom is -0.354 e. The Labute approximate surface area is 256 Å². The predicted octanol–water partition coefficient (Wildman–Crippen LogP) is 5.91.